The Labute approximate surface area is 150 Å². The molecule has 0 saturated heterocycles. The Morgan fingerprint density at radius 1 is 1.04 bits per heavy atom. The molecule has 4 rings (SSSR count). The molecule has 6 heteroatoms. The van der Waals surface area contributed by atoms with Crippen LogP contribution < -0.4 is 5.32 Å². The Morgan fingerprint density at radius 3 is 2.81 bits per heavy atom. The van der Waals surface area contributed by atoms with Crippen LogP contribution in [0.1, 0.15) is 35.4 Å². The van der Waals surface area contributed by atoms with E-state index < -0.39 is 5.82 Å². The first kappa shape index (κ1) is 16.4. The highest BCUT2D eigenvalue weighted by atomic mass is 19.1. The molecule has 132 valence electrons. The topological polar surface area (TPSA) is 59.8 Å². The smallest absolute Gasteiger partial charge is 0.255 e. The van der Waals surface area contributed by atoms with Gasteiger partial charge in [0.1, 0.15) is 11.6 Å². The van der Waals surface area contributed by atoms with Crippen molar-refractivity contribution in [1.29, 1.82) is 0 Å². The number of aryl methyl sites for hydroxylation is 1. The molecular formula is C20H19FN4O. The Morgan fingerprint density at radius 2 is 1.92 bits per heavy atom. The predicted molar refractivity (Wildman–Crippen MR) is 97.4 cm³/mol. The fourth-order valence-electron chi connectivity index (χ4n) is 3.27. The van der Waals surface area contributed by atoms with Crippen LogP contribution in [-0.2, 0) is 13.0 Å². The Kier molecular flexibility index (Phi) is 4.48. The minimum absolute atomic E-state index is 0.284. The van der Waals surface area contributed by atoms with Crippen molar-refractivity contribution in [3.8, 4) is 11.4 Å². The number of nitrogens with one attached hydrogen (secondary N) is 1. The van der Waals surface area contributed by atoms with Crippen molar-refractivity contribution in [1.82, 2.24) is 14.8 Å². The summed E-state index contributed by atoms with van der Waals surface area (Å²) in [6, 6.07) is 13.1. The maximum Gasteiger partial charge on any atom is 0.255 e. The number of amides is 1. The summed E-state index contributed by atoms with van der Waals surface area (Å²) in [5, 5.41) is 11.5. The van der Waals surface area contributed by atoms with Crippen LogP contribution in [-0.4, -0.2) is 20.7 Å². The van der Waals surface area contributed by atoms with Gasteiger partial charge in [0.15, 0.2) is 5.82 Å². The molecule has 1 amide bonds. The summed E-state index contributed by atoms with van der Waals surface area (Å²) < 4.78 is 15.5. The van der Waals surface area contributed by atoms with Crippen LogP contribution in [0.15, 0.2) is 48.5 Å². The second-order valence-electron chi connectivity index (χ2n) is 6.45. The van der Waals surface area contributed by atoms with E-state index in [1.54, 1.807) is 12.1 Å². The number of hydrogen-bond donors (Lipinski definition) is 1. The number of carbonyl (C=O) groups excluding carboxylic acids is 1. The first-order valence-electron chi connectivity index (χ1n) is 8.80. The summed E-state index contributed by atoms with van der Waals surface area (Å²) in [5.74, 6) is 1.06. The van der Waals surface area contributed by atoms with E-state index in [-0.39, 0.29) is 11.5 Å². The quantitative estimate of drug-likeness (QED) is 0.775. The van der Waals surface area contributed by atoms with Crippen LogP contribution in [0.3, 0.4) is 0 Å². The third-order valence-corrected chi connectivity index (χ3v) is 4.57. The van der Waals surface area contributed by atoms with E-state index in [9.17, 15) is 9.18 Å². The maximum atomic E-state index is 13.3. The molecule has 0 aliphatic carbocycles. The van der Waals surface area contributed by atoms with Crippen molar-refractivity contribution < 1.29 is 9.18 Å². The lowest BCUT2D eigenvalue weighted by molar-refractivity contribution is 0.102. The molecule has 0 fully saturated rings. The lowest BCUT2D eigenvalue weighted by atomic mass is 10.1. The summed E-state index contributed by atoms with van der Waals surface area (Å²) in [6.07, 6.45) is 4.41. The van der Waals surface area contributed by atoms with Crippen molar-refractivity contribution >= 4 is 11.6 Å². The minimum Gasteiger partial charge on any atom is -0.322 e. The van der Waals surface area contributed by atoms with Gasteiger partial charge >= 0.3 is 0 Å². The van der Waals surface area contributed by atoms with Gasteiger partial charge in [0.2, 0.25) is 0 Å². The lowest BCUT2D eigenvalue weighted by Gasteiger charge is -2.09. The third-order valence-electron chi connectivity index (χ3n) is 4.57. The zero-order valence-electron chi connectivity index (χ0n) is 14.3. The van der Waals surface area contributed by atoms with E-state index in [1.165, 1.54) is 24.6 Å². The molecule has 1 aliphatic rings. The first-order chi connectivity index (χ1) is 12.7. The maximum absolute atomic E-state index is 13.3. The van der Waals surface area contributed by atoms with Gasteiger partial charge in [0.05, 0.1) is 0 Å². The molecule has 3 aromatic rings. The third kappa shape index (κ3) is 3.35. The van der Waals surface area contributed by atoms with Gasteiger partial charge in [0.25, 0.3) is 5.91 Å². The van der Waals surface area contributed by atoms with E-state index in [4.69, 9.17) is 0 Å². The second kappa shape index (κ2) is 7.07. The van der Waals surface area contributed by atoms with E-state index >= 15 is 0 Å². The highest BCUT2D eigenvalue weighted by molar-refractivity contribution is 6.04. The second-order valence-corrected chi connectivity index (χ2v) is 6.45. The summed E-state index contributed by atoms with van der Waals surface area (Å²) in [4.78, 5) is 12.3. The van der Waals surface area contributed by atoms with E-state index in [2.05, 4.69) is 20.1 Å². The van der Waals surface area contributed by atoms with Crippen LogP contribution >= 0.6 is 0 Å². The van der Waals surface area contributed by atoms with Gasteiger partial charge in [0, 0.05) is 29.8 Å². The van der Waals surface area contributed by atoms with Gasteiger partial charge < -0.3 is 9.88 Å². The van der Waals surface area contributed by atoms with Gasteiger partial charge in [-0.3, -0.25) is 4.79 Å². The molecule has 1 N–H and O–H groups in total. The SMILES string of the molecule is O=C(Nc1cccc(-c2nnc3n2CCCCC3)c1)c1cccc(F)c1. The number of rotatable bonds is 3. The zero-order chi connectivity index (χ0) is 17.9. The van der Waals surface area contributed by atoms with Crippen molar-refractivity contribution in [3.63, 3.8) is 0 Å². The molecule has 0 saturated carbocycles. The summed E-state index contributed by atoms with van der Waals surface area (Å²) in [5.41, 5.74) is 1.83. The fourth-order valence-corrected chi connectivity index (χ4v) is 3.27. The molecule has 0 unspecified atom stereocenters. The lowest BCUT2D eigenvalue weighted by Crippen LogP contribution is -2.12. The number of fused-ring (bicyclic) bond motifs is 1. The summed E-state index contributed by atoms with van der Waals surface area (Å²) in [6.45, 7) is 0.914. The number of benzene rings is 2. The average molecular weight is 350 g/mol. The van der Waals surface area contributed by atoms with Gasteiger partial charge in [-0.15, -0.1) is 10.2 Å². The van der Waals surface area contributed by atoms with E-state index in [1.807, 2.05) is 18.2 Å². The monoisotopic (exact) mass is 350 g/mol. The molecule has 0 radical (unpaired) electrons. The van der Waals surface area contributed by atoms with Crippen LogP contribution in [0, 0.1) is 5.82 Å². The Hall–Kier alpha value is -3.02. The molecular weight excluding hydrogens is 331 g/mol. The highest BCUT2D eigenvalue weighted by Gasteiger charge is 2.16. The fraction of sp³-hybridized carbons (Fsp3) is 0.250. The molecule has 0 spiro atoms. The van der Waals surface area contributed by atoms with Gasteiger partial charge in [-0.25, -0.2) is 4.39 Å². The summed E-state index contributed by atoms with van der Waals surface area (Å²) in [7, 11) is 0. The first-order valence-corrected chi connectivity index (χ1v) is 8.80. The average Bonchev–Trinajstić information content (AvgIpc) is 2.90. The van der Waals surface area contributed by atoms with Crippen molar-refractivity contribution in [3.05, 3.63) is 65.7 Å². The highest BCUT2D eigenvalue weighted by Crippen LogP contribution is 2.25. The molecule has 1 aromatic heterocycles. The zero-order valence-corrected chi connectivity index (χ0v) is 14.3. The van der Waals surface area contributed by atoms with E-state index in [0.29, 0.717) is 5.69 Å². The Balaban J connectivity index is 1.59. The van der Waals surface area contributed by atoms with Gasteiger partial charge in [-0.2, -0.15) is 0 Å². The van der Waals surface area contributed by atoms with Crippen molar-refractivity contribution in [2.24, 2.45) is 0 Å². The minimum atomic E-state index is -0.433. The molecule has 0 bridgehead atoms. The van der Waals surface area contributed by atoms with Gasteiger partial charge in [-0.1, -0.05) is 24.6 Å². The predicted octanol–water partition coefficient (Wildman–Crippen LogP) is 4.06. The molecule has 0 atom stereocenters. The van der Waals surface area contributed by atoms with Crippen LogP contribution in [0.25, 0.3) is 11.4 Å². The molecule has 2 heterocycles. The van der Waals surface area contributed by atoms with Crippen molar-refractivity contribution in [2.75, 3.05) is 5.32 Å². The molecule has 2 aromatic carbocycles. The number of nitrogens with zero attached hydrogens (tertiary/aromatic N) is 3. The molecule has 1 aliphatic heterocycles. The number of anilines is 1. The van der Waals surface area contributed by atoms with Gasteiger partial charge in [-0.05, 0) is 43.2 Å². The van der Waals surface area contributed by atoms with E-state index in [0.717, 1.165) is 43.0 Å². The number of aromatic nitrogens is 3. The molecule has 26 heavy (non-hydrogen) atoms. The summed E-state index contributed by atoms with van der Waals surface area (Å²) >= 11 is 0. The Bertz CT molecular complexity index is 950. The molecule has 5 nitrogen and oxygen atoms in total. The van der Waals surface area contributed by atoms with Crippen LogP contribution in [0.4, 0.5) is 10.1 Å². The number of hydrogen-bond acceptors (Lipinski definition) is 3. The van der Waals surface area contributed by atoms with Crippen molar-refractivity contribution in [2.45, 2.75) is 32.2 Å². The number of carbonyl (C=O) groups is 1. The largest absolute Gasteiger partial charge is 0.322 e. The standard InChI is InChI=1S/C20H19FN4O/c21-16-8-4-7-15(12-16)20(26)22-17-9-5-6-14(13-17)19-24-23-18-10-2-1-3-11-25(18)19/h4-9,12-13H,1-3,10-11H2,(H,22,26). The van der Waals surface area contributed by atoms with Crippen LogP contribution in [0.5, 0.6) is 0 Å². The normalized spacial score (nSPS) is 13.7. The number of halogens is 1. The van der Waals surface area contributed by atoms with Crippen LogP contribution in [0.2, 0.25) is 0 Å².